The summed E-state index contributed by atoms with van der Waals surface area (Å²) in [5.41, 5.74) is 3.08. The summed E-state index contributed by atoms with van der Waals surface area (Å²) in [6.07, 6.45) is 0. The molecule has 0 unspecified atom stereocenters. The lowest BCUT2D eigenvalue weighted by molar-refractivity contribution is 0.102. The van der Waals surface area contributed by atoms with Crippen molar-refractivity contribution in [2.75, 3.05) is 5.33 Å². The molecular weight excluding hydrogens is 296 g/mol. The van der Waals surface area contributed by atoms with Crippen LogP contribution in [0.25, 0.3) is 0 Å². The van der Waals surface area contributed by atoms with Gasteiger partial charge in [0.2, 0.25) is 0 Å². The molecule has 0 bridgehead atoms. The molecule has 0 amide bonds. The molecule has 0 aliphatic rings. The lowest BCUT2D eigenvalue weighted by Crippen LogP contribution is -2.01. The van der Waals surface area contributed by atoms with Crippen molar-refractivity contribution in [3.8, 4) is 0 Å². The van der Waals surface area contributed by atoms with Crippen molar-refractivity contribution < 1.29 is 4.79 Å². The summed E-state index contributed by atoms with van der Waals surface area (Å²) in [6.45, 7) is 4.03. The zero-order valence-electron chi connectivity index (χ0n) is 7.53. The highest BCUT2D eigenvalue weighted by Crippen LogP contribution is 2.22. The number of rotatable bonds is 2. The molecule has 1 rings (SSSR count). The van der Waals surface area contributed by atoms with Gasteiger partial charge in [0, 0.05) is 10.0 Å². The van der Waals surface area contributed by atoms with Gasteiger partial charge in [0.25, 0.3) is 0 Å². The highest BCUT2D eigenvalue weighted by atomic mass is 79.9. The zero-order chi connectivity index (χ0) is 10.0. The average Bonchev–Trinajstić information content (AvgIpc) is 2.12. The smallest absolute Gasteiger partial charge is 0.173 e. The molecule has 1 nitrogen and oxygen atoms in total. The second-order valence-corrected chi connectivity index (χ2v) is 4.37. The summed E-state index contributed by atoms with van der Waals surface area (Å²) in [5, 5.41) is 0.377. The highest BCUT2D eigenvalue weighted by Gasteiger charge is 2.07. The lowest BCUT2D eigenvalue weighted by atomic mass is 10.0. The van der Waals surface area contributed by atoms with Crippen LogP contribution in [0.15, 0.2) is 16.6 Å². The van der Waals surface area contributed by atoms with Gasteiger partial charge in [0.1, 0.15) is 0 Å². The van der Waals surface area contributed by atoms with E-state index in [0.29, 0.717) is 5.33 Å². The number of hydrogen-bond acceptors (Lipinski definition) is 1. The van der Waals surface area contributed by atoms with Gasteiger partial charge >= 0.3 is 0 Å². The van der Waals surface area contributed by atoms with Gasteiger partial charge < -0.3 is 0 Å². The Labute approximate surface area is 94.8 Å². The molecule has 0 saturated heterocycles. The van der Waals surface area contributed by atoms with Crippen LogP contribution in [-0.4, -0.2) is 11.1 Å². The standard InChI is InChI=1S/C10H10Br2O/c1-6-3-8(10(13)5-11)4-9(12)7(6)2/h3-4H,5H2,1-2H3. The fraction of sp³-hybridized carbons (Fsp3) is 0.300. The zero-order valence-corrected chi connectivity index (χ0v) is 10.7. The molecular formula is C10H10Br2O. The van der Waals surface area contributed by atoms with Gasteiger partial charge in [-0.2, -0.15) is 0 Å². The fourth-order valence-corrected chi connectivity index (χ4v) is 1.94. The lowest BCUT2D eigenvalue weighted by Gasteiger charge is -2.05. The molecule has 3 heteroatoms. The minimum atomic E-state index is 0.115. The van der Waals surface area contributed by atoms with Crippen molar-refractivity contribution in [1.82, 2.24) is 0 Å². The number of halogens is 2. The van der Waals surface area contributed by atoms with Crippen LogP contribution in [0.4, 0.5) is 0 Å². The van der Waals surface area contributed by atoms with Gasteiger partial charge in [0.05, 0.1) is 5.33 Å². The van der Waals surface area contributed by atoms with E-state index in [4.69, 9.17) is 0 Å². The fourth-order valence-electron chi connectivity index (χ4n) is 1.05. The molecule has 0 fully saturated rings. The van der Waals surface area contributed by atoms with Crippen LogP contribution in [0.3, 0.4) is 0 Å². The maximum absolute atomic E-state index is 11.4. The largest absolute Gasteiger partial charge is 0.293 e. The van der Waals surface area contributed by atoms with E-state index < -0.39 is 0 Å². The summed E-state index contributed by atoms with van der Waals surface area (Å²) >= 11 is 6.58. The molecule has 0 atom stereocenters. The molecule has 0 heterocycles. The van der Waals surface area contributed by atoms with Crippen LogP contribution in [0.2, 0.25) is 0 Å². The van der Waals surface area contributed by atoms with Crippen molar-refractivity contribution >= 4 is 37.6 Å². The predicted molar refractivity (Wildman–Crippen MR) is 61.7 cm³/mol. The highest BCUT2D eigenvalue weighted by molar-refractivity contribution is 9.10. The molecule has 0 aromatic heterocycles. The number of benzene rings is 1. The van der Waals surface area contributed by atoms with Crippen LogP contribution in [0.5, 0.6) is 0 Å². The maximum atomic E-state index is 11.4. The molecule has 0 N–H and O–H groups in total. The van der Waals surface area contributed by atoms with Crippen LogP contribution < -0.4 is 0 Å². The number of carbonyl (C=O) groups excluding carboxylic acids is 1. The topological polar surface area (TPSA) is 17.1 Å². The number of ketones is 1. The van der Waals surface area contributed by atoms with E-state index in [0.717, 1.165) is 15.6 Å². The van der Waals surface area contributed by atoms with Crippen molar-refractivity contribution in [3.63, 3.8) is 0 Å². The maximum Gasteiger partial charge on any atom is 0.173 e. The van der Waals surface area contributed by atoms with Gasteiger partial charge in [-0.15, -0.1) is 0 Å². The third-order valence-corrected chi connectivity index (χ3v) is 3.38. The van der Waals surface area contributed by atoms with Crippen LogP contribution in [-0.2, 0) is 0 Å². The van der Waals surface area contributed by atoms with Gasteiger partial charge in [0.15, 0.2) is 5.78 Å². The third-order valence-electron chi connectivity index (χ3n) is 2.05. The second kappa shape index (κ2) is 4.38. The van der Waals surface area contributed by atoms with Gasteiger partial charge in [-0.3, -0.25) is 4.79 Å². The molecule has 0 saturated carbocycles. The van der Waals surface area contributed by atoms with Crippen molar-refractivity contribution in [1.29, 1.82) is 0 Å². The first-order valence-electron chi connectivity index (χ1n) is 3.92. The SMILES string of the molecule is Cc1cc(C(=O)CBr)cc(Br)c1C. The Morgan fingerprint density at radius 3 is 2.46 bits per heavy atom. The molecule has 0 aliphatic heterocycles. The monoisotopic (exact) mass is 304 g/mol. The Morgan fingerprint density at radius 2 is 2.00 bits per heavy atom. The molecule has 0 radical (unpaired) electrons. The molecule has 0 spiro atoms. The Morgan fingerprint density at radius 1 is 1.38 bits per heavy atom. The van der Waals surface area contributed by atoms with Crippen molar-refractivity contribution in [2.45, 2.75) is 13.8 Å². The summed E-state index contributed by atoms with van der Waals surface area (Å²) in [6, 6.07) is 3.79. The number of aryl methyl sites for hydroxylation is 1. The van der Waals surface area contributed by atoms with E-state index in [1.807, 2.05) is 26.0 Å². The Bertz CT molecular complexity index is 322. The number of alkyl halides is 1. The number of Topliss-reactive ketones (excluding diaryl/α,β-unsaturated/α-hetero) is 1. The first kappa shape index (κ1) is 10.9. The van der Waals surface area contributed by atoms with E-state index >= 15 is 0 Å². The quantitative estimate of drug-likeness (QED) is 0.602. The minimum absolute atomic E-state index is 0.115. The second-order valence-electron chi connectivity index (χ2n) is 2.96. The van der Waals surface area contributed by atoms with E-state index in [1.165, 1.54) is 5.56 Å². The number of hydrogen-bond donors (Lipinski definition) is 0. The minimum Gasteiger partial charge on any atom is -0.293 e. The molecule has 70 valence electrons. The van der Waals surface area contributed by atoms with E-state index in [1.54, 1.807) is 0 Å². The molecule has 13 heavy (non-hydrogen) atoms. The Balaban J connectivity index is 3.20. The van der Waals surface area contributed by atoms with Gasteiger partial charge in [-0.05, 0) is 37.1 Å². The summed E-state index contributed by atoms with van der Waals surface area (Å²) < 4.78 is 0.997. The van der Waals surface area contributed by atoms with Crippen LogP contribution in [0.1, 0.15) is 21.5 Å². The van der Waals surface area contributed by atoms with Crippen molar-refractivity contribution in [2.24, 2.45) is 0 Å². The summed E-state index contributed by atoms with van der Waals surface area (Å²) in [4.78, 5) is 11.4. The molecule has 1 aromatic rings. The first-order valence-corrected chi connectivity index (χ1v) is 5.83. The number of carbonyl (C=O) groups is 1. The van der Waals surface area contributed by atoms with E-state index in [9.17, 15) is 4.79 Å². The van der Waals surface area contributed by atoms with Crippen LogP contribution in [0, 0.1) is 13.8 Å². The third kappa shape index (κ3) is 2.41. The molecule has 1 aromatic carbocycles. The van der Waals surface area contributed by atoms with E-state index in [-0.39, 0.29) is 5.78 Å². The Kier molecular flexibility index (Phi) is 3.68. The Hall–Kier alpha value is -0.150. The predicted octanol–water partition coefficient (Wildman–Crippen LogP) is 3.64. The van der Waals surface area contributed by atoms with Gasteiger partial charge in [-0.25, -0.2) is 0 Å². The van der Waals surface area contributed by atoms with Crippen molar-refractivity contribution in [3.05, 3.63) is 33.3 Å². The average molecular weight is 306 g/mol. The van der Waals surface area contributed by atoms with E-state index in [2.05, 4.69) is 31.9 Å². The first-order chi connectivity index (χ1) is 6.06. The molecule has 0 aliphatic carbocycles. The van der Waals surface area contributed by atoms with Gasteiger partial charge in [-0.1, -0.05) is 31.9 Å². The normalized spacial score (nSPS) is 10.2. The summed E-state index contributed by atoms with van der Waals surface area (Å²) in [5.74, 6) is 0.115. The summed E-state index contributed by atoms with van der Waals surface area (Å²) in [7, 11) is 0. The van der Waals surface area contributed by atoms with Crippen LogP contribution >= 0.6 is 31.9 Å².